The highest BCUT2D eigenvalue weighted by Gasteiger charge is 2.22. The molecule has 0 fully saturated rings. The highest BCUT2D eigenvalue weighted by atomic mass is 16.5. The van der Waals surface area contributed by atoms with Crippen LogP contribution in [0.1, 0.15) is 30.1 Å². The number of fused-ring (bicyclic) bond motifs is 1. The zero-order valence-electron chi connectivity index (χ0n) is 11.7. The second-order valence-corrected chi connectivity index (χ2v) is 4.80. The third kappa shape index (κ3) is 2.76. The Morgan fingerprint density at radius 1 is 1.43 bits per heavy atom. The maximum absolute atomic E-state index is 12.1. The van der Waals surface area contributed by atoms with E-state index in [2.05, 4.69) is 15.6 Å². The second-order valence-electron chi connectivity index (χ2n) is 4.80. The first kappa shape index (κ1) is 14.7. The number of nitrogens with zero attached hydrogens (tertiary/aromatic N) is 3. The number of aryl methyl sites for hydroxylation is 1. The van der Waals surface area contributed by atoms with Gasteiger partial charge in [0.05, 0.1) is 5.39 Å². The number of rotatable bonds is 4. The Kier molecular flexibility index (Phi) is 3.74. The molecule has 0 aliphatic heterocycles. The molecule has 0 aliphatic rings. The number of amides is 1. The van der Waals surface area contributed by atoms with E-state index in [0.29, 0.717) is 0 Å². The van der Waals surface area contributed by atoms with Crippen LogP contribution in [0.4, 0.5) is 0 Å². The number of carbonyl (C=O) groups excluding carboxylic acids is 1. The quantitative estimate of drug-likeness (QED) is 0.806. The lowest BCUT2D eigenvalue weighted by Crippen LogP contribution is -2.37. The van der Waals surface area contributed by atoms with Gasteiger partial charge in [0.15, 0.2) is 11.2 Å². The monoisotopic (exact) mass is 294 g/mol. The van der Waals surface area contributed by atoms with Gasteiger partial charge in [0, 0.05) is 6.04 Å². The Morgan fingerprint density at radius 2 is 2.10 bits per heavy atom. The topological polar surface area (TPSA) is 127 Å². The van der Waals surface area contributed by atoms with Crippen molar-refractivity contribution in [1.29, 1.82) is 0 Å². The summed E-state index contributed by atoms with van der Waals surface area (Å²) in [5.74, 6) is -1.59. The number of aromatic nitrogens is 3. The zero-order valence-corrected chi connectivity index (χ0v) is 11.7. The van der Waals surface area contributed by atoms with Crippen molar-refractivity contribution in [3.63, 3.8) is 0 Å². The van der Waals surface area contributed by atoms with E-state index in [1.807, 2.05) is 0 Å². The molecule has 0 aliphatic carbocycles. The highest BCUT2D eigenvalue weighted by molar-refractivity contribution is 6.00. The average Bonchev–Trinajstić information content (AvgIpc) is 2.74. The van der Waals surface area contributed by atoms with Crippen LogP contribution < -0.4 is 10.9 Å². The molecule has 0 unspecified atom stereocenters. The van der Waals surface area contributed by atoms with Gasteiger partial charge in [0.2, 0.25) is 5.91 Å². The van der Waals surface area contributed by atoms with Crippen LogP contribution in [-0.4, -0.2) is 38.0 Å². The summed E-state index contributed by atoms with van der Waals surface area (Å²) in [5.41, 5.74) is -1.20. The summed E-state index contributed by atoms with van der Waals surface area (Å²) in [6.45, 7) is 4.62. The first-order valence-corrected chi connectivity index (χ1v) is 6.21. The Balaban J connectivity index is 2.55. The summed E-state index contributed by atoms with van der Waals surface area (Å²) in [4.78, 5) is 35.1. The van der Waals surface area contributed by atoms with Crippen LogP contribution in [0.2, 0.25) is 0 Å². The van der Waals surface area contributed by atoms with Crippen molar-refractivity contribution < 1.29 is 19.2 Å². The molecule has 0 spiro atoms. The molecule has 0 aromatic carbocycles. The van der Waals surface area contributed by atoms with Crippen molar-refractivity contribution >= 4 is 22.8 Å². The van der Waals surface area contributed by atoms with Gasteiger partial charge in [-0.15, -0.1) is 0 Å². The van der Waals surface area contributed by atoms with Gasteiger partial charge in [0.25, 0.3) is 5.56 Å². The molecule has 0 radical (unpaired) electrons. The summed E-state index contributed by atoms with van der Waals surface area (Å²) < 4.78 is 5.61. The first-order chi connectivity index (χ1) is 9.81. The van der Waals surface area contributed by atoms with E-state index in [-0.39, 0.29) is 34.9 Å². The van der Waals surface area contributed by atoms with Gasteiger partial charge in [-0.25, -0.2) is 9.48 Å². The standard InChI is InChI=1S/C12H14N4O5/c1-5(2)13-7(17)4-16-11(18)9-8(6(3)21-15-9)10(14-16)12(19)20/h5H,4H2,1-3H3,(H,13,17)(H,19,20). The fourth-order valence-corrected chi connectivity index (χ4v) is 1.90. The zero-order chi connectivity index (χ0) is 15.7. The molecule has 21 heavy (non-hydrogen) atoms. The molecule has 0 saturated carbocycles. The van der Waals surface area contributed by atoms with Gasteiger partial charge < -0.3 is 14.9 Å². The number of hydrogen-bond donors (Lipinski definition) is 2. The van der Waals surface area contributed by atoms with Crippen LogP contribution >= 0.6 is 0 Å². The number of aromatic carboxylic acids is 1. The summed E-state index contributed by atoms with van der Waals surface area (Å²) in [6.07, 6.45) is 0. The van der Waals surface area contributed by atoms with E-state index in [4.69, 9.17) is 4.52 Å². The van der Waals surface area contributed by atoms with Gasteiger partial charge in [0.1, 0.15) is 12.3 Å². The third-order valence-corrected chi connectivity index (χ3v) is 2.70. The van der Waals surface area contributed by atoms with Crippen LogP contribution in [0.5, 0.6) is 0 Å². The number of carbonyl (C=O) groups is 2. The van der Waals surface area contributed by atoms with Gasteiger partial charge in [-0.2, -0.15) is 5.10 Å². The fourth-order valence-electron chi connectivity index (χ4n) is 1.90. The summed E-state index contributed by atoms with van der Waals surface area (Å²) >= 11 is 0. The Morgan fingerprint density at radius 3 is 2.67 bits per heavy atom. The Labute approximate surface area is 118 Å². The van der Waals surface area contributed by atoms with Crippen molar-refractivity contribution in [3.8, 4) is 0 Å². The average molecular weight is 294 g/mol. The molecule has 112 valence electrons. The Bertz CT molecular complexity index is 774. The minimum Gasteiger partial charge on any atom is -0.476 e. The lowest BCUT2D eigenvalue weighted by atomic mass is 10.2. The van der Waals surface area contributed by atoms with Crippen LogP contribution in [0.15, 0.2) is 9.32 Å². The van der Waals surface area contributed by atoms with Crippen molar-refractivity contribution in [2.24, 2.45) is 0 Å². The summed E-state index contributed by atoms with van der Waals surface area (Å²) in [7, 11) is 0. The van der Waals surface area contributed by atoms with Crippen LogP contribution in [0.25, 0.3) is 10.9 Å². The molecular formula is C12H14N4O5. The summed E-state index contributed by atoms with van der Waals surface area (Å²) in [5, 5.41) is 19.1. The molecule has 0 bridgehead atoms. The van der Waals surface area contributed by atoms with E-state index >= 15 is 0 Å². The summed E-state index contributed by atoms with van der Waals surface area (Å²) in [6, 6.07) is -0.106. The minimum atomic E-state index is -1.33. The first-order valence-electron chi connectivity index (χ1n) is 6.21. The maximum atomic E-state index is 12.1. The molecule has 2 rings (SSSR count). The molecular weight excluding hydrogens is 280 g/mol. The number of hydrogen-bond acceptors (Lipinski definition) is 6. The lowest BCUT2D eigenvalue weighted by molar-refractivity contribution is -0.122. The van der Waals surface area contributed by atoms with Crippen LogP contribution in [0.3, 0.4) is 0 Å². The van der Waals surface area contributed by atoms with Gasteiger partial charge in [-0.05, 0) is 20.8 Å². The molecule has 2 heterocycles. The maximum Gasteiger partial charge on any atom is 0.357 e. The molecule has 0 atom stereocenters. The van der Waals surface area contributed by atoms with Crippen LogP contribution in [-0.2, 0) is 11.3 Å². The smallest absolute Gasteiger partial charge is 0.357 e. The number of nitrogens with one attached hydrogen (secondary N) is 1. The molecule has 9 nitrogen and oxygen atoms in total. The normalized spacial score (nSPS) is 11.0. The van der Waals surface area contributed by atoms with E-state index in [0.717, 1.165) is 4.68 Å². The SMILES string of the molecule is Cc1onc2c(=O)n(CC(=O)NC(C)C)nc(C(=O)O)c12. The Hall–Kier alpha value is -2.71. The van der Waals surface area contributed by atoms with E-state index in [9.17, 15) is 19.5 Å². The van der Waals surface area contributed by atoms with Gasteiger partial charge in [-0.3, -0.25) is 9.59 Å². The van der Waals surface area contributed by atoms with E-state index in [1.54, 1.807) is 13.8 Å². The van der Waals surface area contributed by atoms with Crippen molar-refractivity contribution in [2.75, 3.05) is 0 Å². The highest BCUT2D eigenvalue weighted by Crippen LogP contribution is 2.17. The molecule has 2 aromatic heterocycles. The molecule has 2 aromatic rings. The number of carboxylic acids is 1. The van der Waals surface area contributed by atoms with E-state index < -0.39 is 17.4 Å². The van der Waals surface area contributed by atoms with Gasteiger partial charge in [-0.1, -0.05) is 5.16 Å². The minimum absolute atomic E-state index is 0.0491. The fraction of sp³-hybridized carbons (Fsp3) is 0.417. The predicted molar refractivity (Wildman–Crippen MR) is 71.0 cm³/mol. The molecule has 9 heteroatoms. The van der Waals surface area contributed by atoms with Crippen molar-refractivity contribution in [3.05, 3.63) is 21.8 Å². The largest absolute Gasteiger partial charge is 0.476 e. The lowest BCUT2D eigenvalue weighted by Gasteiger charge is -2.09. The molecule has 2 N–H and O–H groups in total. The molecule has 1 amide bonds. The van der Waals surface area contributed by atoms with Crippen molar-refractivity contribution in [1.82, 2.24) is 20.3 Å². The van der Waals surface area contributed by atoms with E-state index in [1.165, 1.54) is 6.92 Å². The van der Waals surface area contributed by atoms with Crippen LogP contribution in [0, 0.1) is 6.92 Å². The number of carboxylic acid groups (broad SMARTS) is 1. The molecule has 0 saturated heterocycles. The van der Waals surface area contributed by atoms with Gasteiger partial charge >= 0.3 is 5.97 Å². The third-order valence-electron chi connectivity index (χ3n) is 2.70. The predicted octanol–water partition coefficient (Wildman–Crippen LogP) is -0.0843. The van der Waals surface area contributed by atoms with Crippen molar-refractivity contribution in [2.45, 2.75) is 33.4 Å². The second kappa shape index (κ2) is 5.35.